The van der Waals surface area contributed by atoms with Crippen molar-refractivity contribution in [2.24, 2.45) is 5.92 Å². The molecule has 1 saturated carbocycles. The molecule has 0 spiro atoms. The summed E-state index contributed by atoms with van der Waals surface area (Å²) in [6, 6.07) is 3.94. The molecule has 0 aliphatic heterocycles. The van der Waals surface area contributed by atoms with Gasteiger partial charge in [0.25, 0.3) is 0 Å². The van der Waals surface area contributed by atoms with E-state index in [1.165, 1.54) is 12.8 Å². The van der Waals surface area contributed by atoms with E-state index in [0.29, 0.717) is 0 Å². The van der Waals surface area contributed by atoms with Gasteiger partial charge in [0.15, 0.2) is 0 Å². The lowest BCUT2D eigenvalue weighted by Gasteiger charge is -2.01. The summed E-state index contributed by atoms with van der Waals surface area (Å²) < 4.78 is 1.95. The third kappa shape index (κ3) is 1.90. The SMILES string of the molecule is Cc1c(-c2ccncc2)nn(CC2CC2)c1N. The van der Waals surface area contributed by atoms with Gasteiger partial charge in [0, 0.05) is 30.1 Å². The minimum absolute atomic E-state index is 0.780. The zero-order valence-corrected chi connectivity index (χ0v) is 9.93. The number of aromatic nitrogens is 3. The molecule has 1 aliphatic rings. The largest absolute Gasteiger partial charge is 0.384 e. The average Bonchev–Trinajstić information content (AvgIpc) is 3.13. The van der Waals surface area contributed by atoms with Gasteiger partial charge in [-0.25, -0.2) is 4.68 Å². The van der Waals surface area contributed by atoms with Gasteiger partial charge in [0.2, 0.25) is 0 Å². The molecule has 4 heteroatoms. The van der Waals surface area contributed by atoms with Gasteiger partial charge in [-0.1, -0.05) is 0 Å². The predicted octanol–water partition coefficient (Wildman–Crippen LogP) is 2.25. The topological polar surface area (TPSA) is 56.7 Å². The average molecular weight is 228 g/mol. The van der Waals surface area contributed by atoms with Crippen molar-refractivity contribution in [3.8, 4) is 11.3 Å². The Bertz CT molecular complexity index is 526. The van der Waals surface area contributed by atoms with Crippen molar-refractivity contribution in [1.82, 2.24) is 14.8 Å². The number of nitrogens with zero attached hydrogens (tertiary/aromatic N) is 3. The van der Waals surface area contributed by atoms with E-state index < -0.39 is 0 Å². The molecule has 1 fully saturated rings. The summed E-state index contributed by atoms with van der Waals surface area (Å²) in [4.78, 5) is 4.02. The van der Waals surface area contributed by atoms with Crippen molar-refractivity contribution in [1.29, 1.82) is 0 Å². The number of nitrogens with two attached hydrogens (primary N) is 1. The van der Waals surface area contributed by atoms with Crippen LogP contribution in [0.2, 0.25) is 0 Å². The Morgan fingerprint density at radius 1 is 1.35 bits per heavy atom. The summed E-state index contributed by atoms with van der Waals surface area (Å²) in [5, 5.41) is 4.62. The van der Waals surface area contributed by atoms with Crippen LogP contribution in [-0.4, -0.2) is 14.8 Å². The van der Waals surface area contributed by atoms with Crippen molar-refractivity contribution in [2.45, 2.75) is 26.3 Å². The van der Waals surface area contributed by atoms with Crippen LogP contribution in [0.25, 0.3) is 11.3 Å². The molecule has 0 bridgehead atoms. The summed E-state index contributed by atoms with van der Waals surface area (Å²) in [6.07, 6.45) is 6.18. The Morgan fingerprint density at radius 2 is 2.06 bits per heavy atom. The molecule has 2 aromatic rings. The van der Waals surface area contributed by atoms with Crippen molar-refractivity contribution < 1.29 is 0 Å². The third-order valence-electron chi connectivity index (χ3n) is 3.32. The third-order valence-corrected chi connectivity index (χ3v) is 3.32. The van der Waals surface area contributed by atoms with Crippen LogP contribution in [0.15, 0.2) is 24.5 Å². The molecular formula is C13H16N4. The highest BCUT2D eigenvalue weighted by Crippen LogP contribution is 2.33. The Morgan fingerprint density at radius 3 is 2.71 bits per heavy atom. The first-order valence-corrected chi connectivity index (χ1v) is 5.99. The Labute approximate surface area is 100 Å². The van der Waals surface area contributed by atoms with Gasteiger partial charge in [-0.05, 0) is 37.8 Å². The van der Waals surface area contributed by atoms with E-state index in [1.807, 2.05) is 23.7 Å². The van der Waals surface area contributed by atoms with Gasteiger partial charge >= 0.3 is 0 Å². The maximum Gasteiger partial charge on any atom is 0.125 e. The first-order chi connectivity index (χ1) is 8.25. The van der Waals surface area contributed by atoms with E-state index in [0.717, 1.165) is 35.1 Å². The van der Waals surface area contributed by atoms with Crippen LogP contribution in [0.3, 0.4) is 0 Å². The van der Waals surface area contributed by atoms with Crippen molar-refractivity contribution in [3.05, 3.63) is 30.1 Å². The van der Waals surface area contributed by atoms with Crippen molar-refractivity contribution in [2.75, 3.05) is 5.73 Å². The van der Waals surface area contributed by atoms with E-state index in [-0.39, 0.29) is 0 Å². The van der Waals surface area contributed by atoms with E-state index in [2.05, 4.69) is 10.1 Å². The van der Waals surface area contributed by atoms with Gasteiger partial charge in [-0.15, -0.1) is 0 Å². The molecule has 0 unspecified atom stereocenters. The van der Waals surface area contributed by atoms with E-state index >= 15 is 0 Å². The summed E-state index contributed by atoms with van der Waals surface area (Å²) in [5.41, 5.74) is 9.23. The second-order valence-corrected chi connectivity index (χ2v) is 4.72. The quantitative estimate of drug-likeness (QED) is 0.876. The predicted molar refractivity (Wildman–Crippen MR) is 67.3 cm³/mol. The molecule has 17 heavy (non-hydrogen) atoms. The molecule has 0 radical (unpaired) electrons. The molecule has 0 atom stereocenters. The Hall–Kier alpha value is -1.84. The van der Waals surface area contributed by atoms with Crippen LogP contribution in [0.1, 0.15) is 18.4 Å². The first-order valence-electron chi connectivity index (χ1n) is 5.99. The van der Waals surface area contributed by atoms with Crippen LogP contribution in [-0.2, 0) is 6.54 Å². The molecule has 4 nitrogen and oxygen atoms in total. The number of anilines is 1. The van der Waals surface area contributed by atoms with Crippen molar-refractivity contribution >= 4 is 5.82 Å². The molecule has 2 N–H and O–H groups in total. The lowest BCUT2D eigenvalue weighted by molar-refractivity contribution is 0.572. The fourth-order valence-electron chi connectivity index (χ4n) is 2.03. The highest BCUT2D eigenvalue weighted by atomic mass is 15.3. The highest BCUT2D eigenvalue weighted by molar-refractivity contribution is 5.67. The van der Waals surface area contributed by atoms with Crippen LogP contribution in [0, 0.1) is 12.8 Å². The molecule has 0 saturated heterocycles. The second-order valence-electron chi connectivity index (χ2n) is 4.72. The van der Waals surface area contributed by atoms with Gasteiger partial charge < -0.3 is 5.73 Å². The Kier molecular flexibility index (Phi) is 2.35. The van der Waals surface area contributed by atoms with Gasteiger partial charge in [0.05, 0.1) is 5.69 Å². The lowest BCUT2D eigenvalue weighted by atomic mass is 10.1. The van der Waals surface area contributed by atoms with Crippen LogP contribution in [0.5, 0.6) is 0 Å². The van der Waals surface area contributed by atoms with Crippen LogP contribution < -0.4 is 5.73 Å². The standard InChI is InChI=1S/C13H16N4/c1-9-12(11-4-6-15-7-5-11)16-17(13(9)14)8-10-2-3-10/h4-7,10H,2-3,8,14H2,1H3. The first kappa shape index (κ1) is 10.3. The fraction of sp³-hybridized carbons (Fsp3) is 0.385. The molecule has 3 rings (SSSR count). The van der Waals surface area contributed by atoms with E-state index in [9.17, 15) is 0 Å². The number of hydrogen-bond acceptors (Lipinski definition) is 3. The number of pyridine rings is 1. The van der Waals surface area contributed by atoms with E-state index in [4.69, 9.17) is 5.73 Å². The summed E-state index contributed by atoms with van der Waals surface area (Å²) in [6.45, 7) is 2.99. The van der Waals surface area contributed by atoms with Crippen LogP contribution in [0.4, 0.5) is 5.82 Å². The number of rotatable bonds is 3. The summed E-state index contributed by atoms with van der Waals surface area (Å²) in [7, 11) is 0. The normalized spacial score (nSPS) is 15.1. The molecule has 2 heterocycles. The molecular weight excluding hydrogens is 212 g/mol. The minimum atomic E-state index is 0.780. The maximum atomic E-state index is 6.10. The molecule has 88 valence electrons. The second kappa shape index (κ2) is 3.87. The zero-order chi connectivity index (χ0) is 11.8. The molecule has 1 aliphatic carbocycles. The monoisotopic (exact) mass is 228 g/mol. The molecule has 0 aromatic carbocycles. The summed E-state index contributed by atoms with van der Waals surface area (Å²) in [5.74, 6) is 1.57. The lowest BCUT2D eigenvalue weighted by Crippen LogP contribution is -2.06. The molecule has 2 aromatic heterocycles. The van der Waals surface area contributed by atoms with E-state index in [1.54, 1.807) is 12.4 Å². The van der Waals surface area contributed by atoms with Gasteiger partial charge in [-0.3, -0.25) is 4.98 Å². The Balaban J connectivity index is 1.99. The maximum absolute atomic E-state index is 6.10. The smallest absolute Gasteiger partial charge is 0.125 e. The van der Waals surface area contributed by atoms with Gasteiger partial charge in [0.1, 0.15) is 5.82 Å². The van der Waals surface area contributed by atoms with Crippen molar-refractivity contribution in [3.63, 3.8) is 0 Å². The highest BCUT2D eigenvalue weighted by Gasteiger charge is 2.24. The van der Waals surface area contributed by atoms with Gasteiger partial charge in [-0.2, -0.15) is 5.10 Å². The fourth-order valence-corrected chi connectivity index (χ4v) is 2.03. The summed E-state index contributed by atoms with van der Waals surface area (Å²) >= 11 is 0. The zero-order valence-electron chi connectivity index (χ0n) is 9.93. The van der Waals surface area contributed by atoms with Crippen LogP contribution >= 0.6 is 0 Å². The number of nitrogen functional groups attached to an aromatic ring is 1. The number of hydrogen-bond donors (Lipinski definition) is 1. The minimum Gasteiger partial charge on any atom is -0.384 e. The molecule has 0 amide bonds.